The van der Waals surface area contributed by atoms with Crippen LogP contribution < -0.4 is 10.5 Å². The highest BCUT2D eigenvalue weighted by atomic mass is 19.1. The zero-order chi connectivity index (χ0) is 14.8. The number of rotatable bonds is 4. The van der Waals surface area contributed by atoms with E-state index in [1.807, 2.05) is 0 Å². The van der Waals surface area contributed by atoms with E-state index in [9.17, 15) is 4.39 Å². The lowest BCUT2D eigenvalue weighted by Crippen LogP contribution is -2.53. The Kier molecular flexibility index (Phi) is 4.66. The largest absolute Gasteiger partial charge is 0.497 e. The highest BCUT2D eigenvalue weighted by Crippen LogP contribution is 2.33. The van der Waals surface area contributed by atoms with Crippen LogP contribution in [0.15, 0.2) is 18.2 Å². The van der Waals surface area contributed by atoms with E-state index in [1.54, 1.807) is 12.1 Å². The van der Waals surface area contributed by atoms with E-state index in [0.717, 1.165) is 13.1 Å². The molecular formula is C16H25FN2O. The molecular weight excluding hydrogens is 255 g/mol. The highest BCUT2D eigenvalue weighted by Gasteiger charge is 2.35. The zero-order valence-corrected chi connectivity index (χ0v) is 12.7. The van der Waals surface area contributed by atoms with Gasteiger partial charge >= 0.3 is 0 Å². The van der Waals surface area contributed by atoms with Gasteiger partial charge in [-0.2, -0.15) is 0 Å². The normalized spacial score (nSPS) is 18.9. The number of hydrogen-bond acceptors (Lipinski definition) is 3. The maximum Gasteiger partial charge on any atom is 0.131 e. The Morgan fingerprint density at radius 1 is 1.25 bits per heavy atom. The summed E-state index contributed by atoms with van der Waals surface area (Å²) in [6, 6.07) is 4.56. The van der Waals surface area contributed by atoms with Crippen molar-refractivity contribution in [3.05, 3.63) is 29.6 Å². The van der Waals surface area contributed by atoms with Crippen LogP contribution in [0, 0.1) is 5.82 Å². The summed E-state index contributed by atoms with van der Waals surface area (Å²) in [7, 11) is 1.53. The molecule has 0 aromatic heterocycles. The van der Waals surface area contributed by atoms with E-state index < -0.39 is 0 Å². The van der Waals surface area contributed by atoms with Gasteiger partial charge in [0.05, 0.1) is 13.2 Å². The van der Waals surface area contributed by atoms with Crippen LogP contribution in [0.1, 0.15) is 44.7 Å². The molecule has 1 atom stereocenters. The van der Waals surface area contributed by atoms with Crippen molar-refractivity contribution in [3.8, 4) is 5.75 Å². The Hall–Kier alpha value is -1.13. The summed E-state index contributed by atoms with van der Waals surface area (Å²) < 4.78 is 19.2. The van der Waals surface area contributed by atoms with Gasteiger partial charge in [-0.1, -0.05) is 12.5 Å². The second kappa shape index (κ2) is 6.10. The van der Waals surface area contributed by atoms with Crippen LogP contribution in [0.25, 0.3) is 0 Å². The summed E-state index contributed by atoms with van der Waals surface area (Å²) >= 11 is 0. The highest BCUT2D eigenvalue weighted by molar-refractivity contribution is 5.32. The molecule has 0 aliphatic carbocycles. The van der Waals surface area contributed by atoms with Crippen molar-refractivity contribution >= 4 is 0 Å². The fraction of sp³-hybridized carbons (Fsp3) is 0.625. The molecule has 1 heterocycles. The van der Waals surface area contributed by atoms with Gasteiger partial charge in [0.25, 0.3) is 0 Å². The van der Waals surface area contributed by atoms with Gasteiger partial charge in [0.2, 0.25) is 0 Å². The second-order valence-corrected chi connectivity index (χ2v) is 6.07. The topological polar surface area (TPSA) is 38.5 Å². The van der Waals surface area contributed by atoms with Crippen LogP contribution in [0.2, 0.25) is 0 Å². The third kappa shape index (κ3) is 2.96. The van der Waals surface area contributed by atoms with Gasteiger partial charge in [-0.15, -0.1) is 0 Å². The van der Waals surface area contributed by atoms with Crippen LogP contribution >= 0.6 is 0 Å². The molecule has 0 bridgehead atoms. The molecule has 1 aromatic carbocycles. The lowest BCUT2D eigenvalue weighted by Gasteiger charge is -2.44. The number of benzene rings is 1. The fourth-order valence-electron chi connectivity index (χ4n) is 2.93. The van der Waals surface area contributed by atoms with E-state index in [1.165, 1.54) is 32.4 Å². The van der Waals surface area contributed by atoms with Gasteiger partial charge in [-0.05, 0) is 45.8 Å². The maximum atomic E-state index is 14.2. The van der Waals surface area contributed by atoms with E-state index in [4.69, 9.17) is 10.5 Å². The number of ether oxygens (including phenoxy) is 1. The molecule has 2 N–H and O–H groups in total. The Bertz CT molecular complexity index is 456. The number of nitrogens with two attached hydrogens (primary N) is 1. The van der Waals surface area contributed by atoms with Gasteiger partial charge in [0.1, 0.15) is 11.6 Å². The number of hydrogen-bond donors (Lipinski definition) is 1. The predicted molar refractivity (Wildman–Crippen MR) is 79.4 cm³/mol. The lowest BCUT2D eigenvalue weighted by atomic mass is 9.86. The monoisotopic (exact) mass is 280 g/mol. The fourth-order valence-corrected chi connectivity index (χ4v) is 2.93. The first-order valence-corrected chi connectivity index (χ1v) is 7.31. The van der Waals surface area contributed by atoms with Crippen molar-refractivity contribution in [2.75, 3.05) is 20.2 Å². The maximum absolute atomic E-state index is 14.2. The number of methoxy groups -OCH3 is 1. The first-order valence-electron chi connectivity index (χ1n) is 7.31. The summed E-state index contributed by atoms with van der Waals surface area (Å²) in [5.41, 5.74) is 6.68. The molecule has 1 aliphatic rings. The van der Waals surface area contributed by atoms with E-state index in [-0.39, 0.29) is 17.4 Å². The van der Waals surface area contributed by atoms with Crippen molar-refractivity contribution < 1.29 is 9.13 Å². The summed E-state index contributed by atoms with van der Waals surface area (Å²) in [5.74, 6) is 0.233. The minimum atomic E-state index is -0.355. The van der Waals surface area contributed by atoms with E-state index >= 15 is 0 Å². The Balaban J connectivity index is 2.22. The quantitative estimate of drug-likeness (QED) is 0.921. The smallest absolute Gasteiger partial charge is 0.131 e. The van der Waals surface area contributed by atoms with Crippen LogP contribution in [-0.4, -0.2) is 30.6 Å². The molecule has 1 fully saturated rings. The second-order valence-electron chi connectivity index (χ2n) is 6.07. The molecule has 0 radical (unpaired) electrons. The molecule has 1 aromatic rings. The van der Waals surface area contributed by atoms with E-state index in [2.05, 4.69) is 18.7 Å². The van der Waals surface area contributed by atoms with Crippen LogP contribution in [0.5, 0.6) is 5.75 Å². The van der Waals surface area contributed by atoms with Crippen molar-refractivity contribution in [2.45, 2.75) is 44.7 Å². The van der Waals surface area contributed by atoms with Gasteiger partial charge in [-0.3, -0.25) is 4.90 Å². The van der Waals surface area contributed by atoms with Crippen LogP contribution in [0.3, 0.4) is 0 Å². The minimum Gasteiger partial charge on any atom is -0.497 e. The van der Waals surface area contributed by atoms with Gasteiger partial charge in [0, 0.05) is 17.2 Å². The third-order valence-corrected chi connectivity index (χ3v) is 4.47. The number of likely N-dealkylation sites (tertiary alicyclic amines) is 1. The number of nitrogens with zero attached hydrogens (tertiary/aromatic N) is 1. The zero-order valence-electron chi connectivity index (χ0n) is 12.7. The number of halogens is 1. The lowest BCUT2D eigenvalue weighted by molar-refractivity contribution is 0.0719. The molecule has 3 nitrogen and oxygen atoms in total. The molecule has 4 heteroatoms. The molecule has 0 spiro atoms. The summed E-state index contributed by atoms with van der Waals surface area (Å²) in [6.07, 6.45) is 3.67. The van der Waals surface area contributed by atoms with Crippen molar-refractivity contribution in [2.24, 2.45) is 5.73 Å². The van der Waals surface area contributed by atoms with Crippen molar-refractivity contribution in [1.29, 1.82) is 0 Å². The first kappa shape index (κ1) is 15.3. The summed E-state index contributed by atoms with van der Waals surface area (Å²) in [6.45, 7) is 6.29. The molecule has 0 saturated carbocycles. The number of piperidine rings is 1. The molecule has 20 heavy (non-hydrogen) atoms. The molecule has 1 saturated heterocycles. The Labute approximate surface area is 120 Å². The Morgan fingerprint density at radius 3 is 2.45 bits per heavy atom. The third-order valence-electron chi connectivity index (χ3n) is 4.47. The standard InChI is InChI=1S/C16H25FN2O/c1-16(2,19-9-5-4-6-10-19)15(18)13-8-7-12(20-3)11-14(13)17/h7-8,11,15H,4-6,9-10,18H2,1-3H3. The SMILES string of the molecule is COc1ccc(C(N)C(C)(C)N2CCCCC2)c(F)c1. The molecule has 2 rings (SSSR count). The van der Waals surface area contributed by atoms with Crippen LogP contribution in [0.4, 0.5) is 4.39 Å². The van der Waals surface area contributed by atoms with Gasteiger partial charge in [0.15, 0.2) is 0 Å². The van der Waals surface area contributed by atoms with Gasteiger partial charge < -0.3 is 10.5 Å². The molecule has 0 amide bonds. The predicted octanol–water partition coefficient (Wildman–Crippen LogP) is 3.10. The van der Waals surface area contributed by atoms with Crippen molar-refractivity contribution in [3.63, 3.8) is 0 Å². The van der Waals surface area contributed by atoms with E-state index in [0.29, 0.717) is 11.3 Å². The average Bonchev–Trinajstić information content (AvgIpc) is 2.47. The Morgan fingerprint density at radius 2 is 1.90 bits per heavy atom. The molecule has 1 aliphatic heterocycles. The van der Waals surface area contributed by atoms with Crippen LogP contribution in [-0.2, 0) is 0 Å². The first-order chi connectivity index (χ1) is 9.46. The summed E-state index contributed by atoms with van der Waals surface area (Å²) in [5, 5.41) is 0. The summed E-state index contributed by atoms with van der Waals surface area (Å²) in [4.78, 5) is 2.38. The molecule has 112 valence electrons. The minimum absolute atomic E-state index is 0.254. The molecule has 1 unspecified atom stereocenters. The van der Waals surface area contributed by atoms with Crippen molar-refractivity contribution in [1.82, 2.24) is 4.90 Å². The average molecular weight is 280 g/mol. The van der Waals surface area contributed by atoms with Gasteiger partial charge in [-0.25, -0.2) is 4.39 Å².